The highest BCUT2D eigenvalue weighted by molar-refractivity contribution is 7.18. The first-order valence-corrected chi connectivity index (χ1v) is 11.0. The van der Waals surface area contributed by atoms with Crippen LogP contribution in [0.15, 0.2) is 24.3 Å². The van der Waals surface area contributed by atoms with Gasteiger partial charge >= 0.3 is 11.9 Å². The fraction of sp³-hybridized carbons (Fsp3) is 0.318. The Morgan fingerprint density at radius 2 is 1.81 bits per heavy atom. The number of halogens is 2. The number of thiophene rings is 1. The lowest BCUT2D eigenvalue weighted by atomic mass is 10.1. The van der Waals surface area contributed by atoms with Crippen molar-refractivity contribution >= 4 is 63.5 Å². The molecule has 166 valence electrons. The highest BCUT2D eigenvalue weighted by atomic mass is 35.5. The van der Waals surface area contributed by atoms with Gasteiger partial charge in [-0.05, 0) is 64.0 Å². The van der Waals surface area contributed by atoms with E-state index >= 15 is 0 Å². The summed E-state index contributed by atoms with van der Waals surface area (Å²) >= 11 is 12.8. The molecule has 2 aromatic rings. The summed E-state index contributed by atoms with van der Waals surface area (Å²) in [4.78, 5) is 37.7. The average Bonchev–Trinajstić information content (AvgIpc) is 2.97. The summed E-state index contributed by atoms with van der Waals surface area (Å²) in [5, 5.41) is 3.63. The Kier molecular flexibility index (Phi) is 8.28. The zero-order valence-electron chi connectivity index (χ0n) is 17.8. The largest absolute Gasteiger partial charge is 0.462 e. The SMILES string of the molecule is CCOC(=O)c1c(NC(=O)C=Cc2ccc(Cl)c(Cl)c2)sc(C(=O)OC(C)(C)C)c1C. The lowest BCUT2D eigenvalue weighted by Crippen LogP contribution is -2.23. The first-order valence-electron chi connectivity index (χ1n) is 9.41. The molecular weight excluding hydrogens is 461 g/mol. The van der Waals surface area contributed by atoms with E-state index in [1.54, 1.807) is 58.9 Å². The molecule has 0 aliphatic carbocycles. The normalized spacial score (nSPS) is 11.5. The van der Waals surface area contributed by atoms with Gasteiger partial charge in [0.05, 0.1) is 22.2 Å². The summed E-state index contributed by atoms with van der Waals surface area (Å²) in [6.07, 6.45) is 2.84. The lowest BCUT2D eigenvalue weighted by molar-refractivity contribution is -0.111. The van der Waals surface area contributed by atoms with Crippen molar-refractivity contribution < 1.29 is 23.9 Å². The number of carbonyl (C=O) groups is 3. The van der Waals surface area contributed by atoms with Crippen LogP contribution < -0.4 is 5.32 Å². The van der Waals surface area contributed by atoms with E-state index in [4.69, 9.17) is 32.7 Å². The van der Waals surface area contributed by atoms with Gasteiger partial charge in [-0.25, -0.2) is 9.59 Å². The van der Waals surface area contributed by atoms with E-state index in [0.717, 1.165) is 11.3 Å². The number of nitrogens with one attached hydrogen (secondary N) is 1. The van der Waals surface area contributed by atoms with Gasteiger partial charge in [0.2, 0.25) is 5.91 Å². The van der Waals surface area contributed by atoms with Crippen LogP contribution in [0.4, 0.5) is 5.00 Å². The van der Waals surface area contributed by atoms with Crippen LogP contribution in [0.25, 0.3) is 6.08 Å². The van der Waals surface area contributed by atoms with Crippen molar-refractivity contribution in [2.24, 2.45) is 0 Å². The highest BCUT2D eigenvalue weighted by Gasteiger charge is 2.29. The lowest BCUT2D eigenvalue weighted by Gasteiger charge is -2.19. The maximum Gasteiger partial charge on any atom is 0.349 e. The molecule has 0 fully saturated rings. The van der Waals surface area contributed by atoms with Crippen molar-refractivity contribution in [3.63, 3.8) is 0 Å². The van der Waals surface area contributed by atoms with Crippen LogP contribution in [0.5, 0.6) is 0 Å². The maximum absolute atomic E-state index is 12.6. The molecule has 2 rings (SSSR count). The average molecular weight is 484 g/mol. The molecule has 1 aromatic heterocycles. The molecule has 0 radical (unpaired) electrons. The van der Waals surface area contributed by atoms with Crippen molar-refractivity contribution in [1.82, 2.24) is 0 Å². The fourth-order valence-corrected chi connectivity index (χ4v) is 3.89. The molecule has 0 aliphatic rings. The summed E-state index contributed by atoms with van der Waals surface area (Å²) in [6, 6.07) is 4.95. The molecule has 1 aromatic carbocycles. The topological polar surface area (TPSA) is 81.7 Å². The molecule has 6 nitrogen and oxygen atoms in total. The Labute approximate surface area is 195 Å². The molecule has 0 aliphatic heterocycles. The van der Waals surface area contributed by atoms with Crippen molar-refractivity contribution in [2.75, 3.05) is 11.9 Å². The second kappa shape index (κ2) is 10.3. The van der Waals surface area contributed by atoms with Crippen molar-refractivity contribution in [2.45, 2.75) is 40.2 Å². The maximum atomic E-state index is 12.6. The van der Waals surface area contributed by atoms with Gasteiger partial charge in [-0.15, -0.1) is 11.3 Å². The Morgan fingerprint density at radius 1 is 1.13 bits per heavy atom. The molecule has 0 unspecified atom stereocenters. The van der Waals surface area contributed by atoms with Crippen LogP contribution in [0.3, 0.4) is 0 Å². The molecule has 0 atom stereocenters. The van der Waals surface area contributed by atoms with Crippen LogP contribution in [-0.4, -0.2) is 30.1 Å². The first kappa shape index (κ1) is 24.9. The molecular formula is C22H23Cl2NO5S. The van der Waals surface area contributed by atoms with Gasteiger partial charge in [0.25, 0.3) is 0 Å². The summed E-state index contributed by atoms with van der Waals surface area (Å²) in [7, 11) is 0. The number of esters is 2. The molecule has 1 amide bonds. The number of ether oxygens (including phenoxy) is 2. The van der Waals surface area contributed by atoms with Crippen molar-refractivity contribution in [3.8, 4) is 0 Å². The number of hydrogen-bond donors (Lipinski definition) is 1. The van der Waals surface area contributed by atoms with Gasteiger partial charge < -0.3 is 14.8 Å². The second-order valence-electron chi connectivity index (χ2n) is 7.48. The minimum atomic E-state index is -0.705. The molecule has 0 saturated carbocycles. The van der Waals surface area contributed by atoms with Crippen LogP contribution >= 0.6 is 34.5 Å². The van der Waals surface area contributed by atoms with E-state index < -0.39 is 23.4 Å². The Balaban J connectivity index is 2.32. The fourth-order valence-electron chi connectivity index (χ4n) is 2.51. The number of hydrogen-bond acceptors (Lipinski definition) is 6. The minimum Gasteiger partial charge on any atom is -0.462 e. The van der Waals surface area contributed by atoms with Gasteiger partial charge in [0.15, 0.2) is 0 Å². The Morgan fingerprint density at radius 3 is 2.39 bits per heavy atom. The molecule has 0 saturated heterocycles. The second-order valence-corrected chi connectivity index (χ2v) is 9.31. The number of benzene rings is 1. The van der Waals surface area contributed by atoms with Crippen molar-refractivity contribution in [3.05, 3.63) is 55.9 Å². The van der Waals surface area contributed by atoms with Crippen LogP contribution in [0.2, 0.25) is 10.0 Å². The van der Waals surface area contributed by atoms with Gasteiger partial charge in [0, 0.05) is 6.08 Å². The van der Waals surface area contributed by atoms with Gasteiger partial charge in [0.1, 0.15) is 15.5 Å². The smallest absolute Gasteiger partial charge is 0.349 e. The zero-order chi connectivity index (χ0) is 23.3. The van der Waals surface area contributed by atoms with Gasteiger partial charge in [-0.2, -0.15) is 0 Å². The van der Waals surface area contributed by atoms with E-state index in [-0.39, 0.29) is 22.0 Å². The standard InChI is InChI=1S/C22H23Cl2NO5S/c1-6-29-20(27)17-12(2)18(21(28)30-22(3,4)5)31-19(17)25-16(26)10-8-13-7-9-14(23)15(24)11-13/h7-11H,6H2,1-5H3,(H,25,26). The molecule has 31 heavy (non-hydrogen) atoms. The van der Waals surface area contributed by atoms with E-state index in [9.17, 15) is 14.4 Å². The monoisotopic (exact) mass is 483 g/mol. The summed E-state index contributed by atoms with van der Waals surface area (Å²) in [5.41, 5.74) is 0.487. The first-order chi connectivity index (χ1) is 14.4. The summed E-state index contributed by atoms with van der Waals surface area (Å²) < 4.78 is 10.5. The van der Waals surface area contributed by atoms with Crippen LogP contribution in [-0.2, 0) is 14.3 Å². The van der Waals surface area contributed by atoms with Crippen LogP contribution in [0.1, 0.15) is 58.9 Å². The third-order valence-electron chi connectivity index (χ3n) is 3.82. The highest BCUT2D eigenvalue weighted by Crippen LogP contribution is 2.35. The van der Waals surface area contributed by atoms with E-state index in [1.165, 1.54) is 6.08 Å². The Hall–Kier alpha value is -2.35. The van der Waals surface area contributed by atoms with E-state index in [2.05, 4.69) is 5.32 Å². The van der Waals surface area contributed by atoms with Gasteiger partial charge in [-0.3, -0.25) is 4.79 Å². The summed E-state index contributed by atoms with van der Waals surface area (Å²) in [6.45, 7) is 8.68. The van der Waals surface area contributed by atoms with E-state index in [1.807, 2.05) is 0 Å². The third-order valence-corrected chi connectivity index (χ3v) is 5.74. The molecule has 9 heteroatoms. The number of anilines is 1. The predicted octanol–water partition coefficient (Wildman–Crippen LogP) is 6.15. The number of rotatable bonds is 6. The number of carbonyl (C=O) groups excluding carboxylic acids is 3. The molecule has 1 heterocycles. The van der Waals surface area contributed by atoms with Crippen molar-refractivity contribution in [1.29, 1.82) is 0 Å². The summed E-state index contributed by atoms with van der Waals surface area (Å²) in [5.74, 6) is -1.70. The zero-order valence-corrected chi connectivity index (χ0v) is 20.1. The minimum absolute atomic E-state index is 0.129. The van der Waals surface area contributed by atoms with Crippen LogP contribution in [0, 0.1) is 6.92 Å². The van der Waals surface area contributed by atoms with E-state index in [0.29, 0.717) is 21.2 Å². The third kappa shape index (κ3) is 6.82. The molecule has 0 bridgehead atoms. The quantitative estimate of drug-likeness (QED) is 0.393. The predicted molar refractivity (Wildman–Crippen MR) is 124 cm³/mol. The van der Waals surface area contributed by atoms with Gasteiger partial charge in [-0.1, -0.05) is 29.3 Å². The molecule has 0 spiro atoms. The molecule has 1 N–H and O–H groups in total. The Bertz CT molecular complexity index is 1040. The number of amides is 1.